The quantitative estimate of drug-likeness (QED) is 0.407. The van der Waals surface area contributed by atoms with Gasteiger partial charge in [-0.25, -0.2) is 8.42 Å². The summed E-state index contributed by atoms with van der Waals surface area (Å²) < 4.78 is 44.6. The topological polar surface area (TPSA) is 94.2 Å². The van der Waals surface area contributed by atoms with Crippen molar-refractivity contribution in [2.45, 2.75) is 31.2 Å². The average Bonchev–Trinajstić information content (AvgIpc) is 2.90. The van der Waals surface area contributed by atoms with Gasteiger partial charge in [-0.3, -0.25) is 9.10 Å². The van der Waals surface area contributed by atoms with Crippen LogP contribution in [0.1, 0.15) is 30.5 Å². The zero-order valence-corrected chi connectivity index (χ0v) is 22.0. The highest BCUT2D eigenvalue weighted by Gasteiger charge is 2.30. The van der Waals surface area contributed by atoms with Crippen LogP contribution in [0.4, 0.5) is 5.69 Å². The number of aryl methyl sites for hydroxylation is 1. The predicted octanol–water partition coefficient (Wildman–Crippen LogP) is 4.48. The van der Waals surface area contributed by atoms with Gasteiger partial charge in [0.05, 0.1) is 38.0 Å². The van der Waals surface area contributed by atoms with Gasteiger partial charge >= 0.3 is 0 Å². The fourth-order valence-electron chi connectivity index (χ4n) is 3.92. The second-order valence-corrected chi connectivity index (χ2v) is 9.98. The smallest absolute Gasteiger partial charge is 0.264 e. The Kier molecular flexibility index (Phi) is 8.82. The van der Waals surface area contributed by atoms with Gasteiger partial charge in [0.1, 0.15) is 23.8 Å². The normalized spacial score (nSPS) is 11.9. The minimum absolute atomic E-state index is 0.0560. The van der Waals surface area contributed by atoms with Gasteiger partial charge in [-0.1, -0.05) is 37.3 Å². The van der Waals surface area contributed by atoms with Crippen LogP contribution in [-0.4, -0.2) is 42.2 Å². The molecule has 0 heterocycles. The number of nitrogens with one attached hydrogen (secondary N) is 1. The van der Waals surface area contributed by atoms with E-state index in [4.69, 9.17) is 14.2 Å². The SMILES string of the molecule is CC[C@@H](NC(=O)CN(c1cc(OC)ccc1OC)S(=O)(=O)c1ccccc1)c1ccc(OC)c(C)c1. The summed E-state index contributed by atoms with van der Waals surface area (Å²) >= 11 is 0. The fraction of sp³-hybridized carbons (Fsp3) is 0.296. The van der Waals surface area contributed by atoms with E-state index in [1.165, 1.54) is 32.4 Å². The van der Waals surface area contributed by atoms with Crippen molar-refractivity contribution in [1.82, 2.24) is 5.32 Å². The molecule has 1 N–H and O–H groups in total. The van der Waals surface area contributed by atoms with Crippen LogP contribution in [0.15, 0.2) is 71.6 Å². The van der Waals surface area contributed by atoms with Gasteiger partial charge in [-0.15, -0.1) is 0 Å². The number of hydrogen-bond donors (Lipinski definition) is 1. The third-order valence-electron chi connectivity index (χ3n) is 5.84. The highest BCUT2D eigenvalue weighted by atomic mass is 32.2. The van der Waals surface area contributed by atoms with Crippen LogP contribution >= 0.6 is 0 Å². The molecule has 0 aliphatic heterocycles. The number of rotatable bonds is 11. The highest BCUT2D eigenvalue weighted by molar-refractivity contribution is 7.92. The third-order valence-corrected chi connectivity index (χ3v) is 7.61. The summed E-state index contributed by atoms with van der Waals surface area (Å²) in [5.74, 6) is 1.02. The van der Waals surface area contributed by atoms with Gasteiger partial charge in [0.2, 0.25) is 5.91 Å². The Bertz CT molecular complexity index is 1290. The number of hydrogen-bond acceptors (Lipinski definition) is 6. The van der Waals surface area contributed by atoms with Crippen LogP contribution in [0.2, 0.25) is 0 Å². The molecule has 0 radical (unpaired) electrons. The molecule has 3 rings (SSSR count). The molecule has 3 aromatic rings. The fourth-order valence-corrected chi connectivity index (χ4v) is 5.37. The Labute approximate surface area is 212 Å². The largest absolute Gasteiger partial charge is 0.497 e. The third kappa shape index (κ3) is 5.91. The van der Waals surface area contributed by atoms with Crippen molar-refractivity contribution < 1.29 is 27.4 Å². The molecule has 1 atom stereocenters. The number of sulfonamides is 1. The number of benzene rings is 3. The molecule has 0 aliphatic carbocycles. The zero-order valence-electron chi connectivity index (χ0n) is 21.1. The summed E-state index contributed by atoms with van der Waals surface area (Å²) in [4.78, 5) is 13.4. The van der Waals surface area contributed by atoms with Crippen LogP contribution in [0.25, 0.3) is 0 Å². The van der Waals surface area contributed by atoms with Crippen LogP contribution < -0.4 is 23.8 Å². The van der Waals surface area contributed by atoms with Crippen molar-refractivity contribution in [3.8, 4) is 17.2 Å². The van der Waals surface area contributed by atoms with Gasteiger partial charge in [-0.2, -0.15) is 0 Å². The number of ether oxygens (including phenoxy) is 3. The Morgan fingerprint density at radius 1 is 0.917 bits per heavy atom. The molecule has 36 heavy (non-hydrogen) atoms. The average molecular weight is 513 g/mol. The minimum Gasteiger partial charge on any atom is -0.497 e. The number of anilines is 1. The van der Waals surface area contributed by atoms with Crippen LogP contribution in [0.3, 0.4) is 0 Å². The number of carbonyl (C=O) groups excluding carboxylic acids is 1. The van der Waals surface area contributed by atoms with E-state index < -0.39 is 22.5 Å². The molecule has 0 fully saturated rings. The summed E-state index contributed by atoms with van der Waals surface area (Å²) in [6, 6.07) is 18.2. The van der Waals surface area contributed by atoms with Crippen molar-refractivity contribution in [2.24, 2.45) is 0 Å². The van der Waals surface area contributed by atoms with Gasteiger partial charge in [-0.05, 0) is 54.8 Å². The van der Waals surface area contributed by atoms with E-state index in [9.17, 15) is 13.2 Å². The van der Waals surface area contributed by atoms with E-state index in [0.717, 1.165) is 21.2 Å². The second kappa shape index (κ2) is 11.8. The predicted molar refractivity (Wildman–Crippen MR) is 139 cm³/mol. The first-order valence-electron chi connectivity index (χ1n) is 11.5. The monoisotopic (exact) mass is 512 g/mol. The van der Waals surface area contributed by atoms with Gasteiger partial charge in [0, 0.05) is 6.07 Å². The van der Waals surface area contributed by atoms with E-state index in [-0.39, 0.29) is 16.6 Å². The molecule has 0 saturated heterocycles. The molecule has 0 aromatic heterocycles. The van der Waals surface area contributed by atoms with Crippen molar-refractivity contribution in [3.63, 3.8) is 0 Å². The molecule has 1 amide bonds. The lowest BCUT2D eigenvalue weighted by atomic mass is 10.0. The minimum atomic E-state index is -4.11. The van der Waals surface area contributed by atoms with E-state index in [1.54, 1.807) is 37.4 Å². The molecule has 0 unspecified atom stereocenters. The van der Waals surface area contributed by atoms with Crippen molar-refractivity contribution in [2.75, 3.05) is 32.2 Å². The lowest BCUT2D eigenvalue weighted by molar-refractivity contribution is -0.120. The van der Waals surface area contributed by atoms with Gasteiger partial charge in [0.25, 0.3) is 10.0 Å². The number of nitrogens with zero attached hydrogens (tertiary/aromatic N) is 1. The Hall–Kier alpha value is -3.72. The van der Waals surface area contributed by atoms with Crippen molar-refractivity contribution in [3.05, 3.63) is 77.9 Å². The number of amides is 1. The second-order valence-electron chi connectivity index (χ2n) is 8.12. The molecule has 0 saturated carbocycles. The van der Waals surface area contributed by atoms with E-state index in [2.05, 4.69) is 5.32 Å². The van der Waals surface area contributed by atoms with E-state index in [1.807, 2.05) is 32.0 Å². The van der Waals surface area contributed by atoms with Crippen LogP contribution in [0, 0.1) is 6.92 Å². The molecule has 192 valence electrons. The summed E-state index contributed by atoms with van der Waals surface area (Å²) in [6.07, 6.45) is 0.616. The van der Waals surface area contributed by atoms with Crippen molar-refractivity contribution in [1.29, 1.82) is 0 Å². The van der Waals surface area contributed by atoms with Crippen LogP contribution in [-0.2, 0) is 14.8 Å². The number of methoxy groups -OCH3 is 3. The lowest BCUT2D eigenvalue weighted by Gasteiger charge is -2.27. The summed E-state index contributed by atoms with van der Waals surface area (Å²) in [7, 11) is 0.423. The molecular formula is C27H32N2O6S. The lowest BCUT2D eigenvalue weighted by Crippen LogP contribution is -2.42. The molecule has 3 aromatic carbocycles. The maximum Gasteiger partial charge on any atom is 0.264 e. The zero-order chi connectivity index (χ0) is 26.3. The Morgan fingerprint density at radius 2 is 1.58 bits per heavy atom. The summed E-state index contributed by atoms with van der Waals surface area (Å²) in [5.41, 5.74) is 2.04. The molecular weight excluding hydrogens is 480 g/mol. The first kappa shape index (κ1) is 26.9. The first-order chi connectivity index (χ1) is 17.2. The maximum absolute atomic E-state index is 13.7. The van der Waals surface area contributed by atoms with E-state index >= 15 is 0 Å². The summed E-state index contributed by atoms with van der Waals surface area (Å²) in [5, 5.41) is 2.98. The molecule has 0 bridgehead atoms. The molecule has 9 heteroatoms. The Balaban J connectivity index is 1.99. The van der Waals surface area contributed by atoms with Crippen LogP contribution in [0.5, 0.6) is 17.2 Å². The van der Waals surface area contributed by atoms with E-state index in [0.29, 0.717) is 17.9 Å². The Morgan fingerprint density at radius 3 is 2.17 bits per heavy atom. The van der Waals surface area contributed by atoms with Crippen molar-refractivity contribution >= 4 is 21.6 Å². The van der Waals surface area contributed by atoms with Gasteiger partial charge in [0.15, 0.2) is 0 Å². The standard InChI is InChI=1S/C27H32N2O6S/c1-6-23(20-12-14-25(34-4)19(2)16-20)28-27(30)18-29(36(31,32)22-10-8-7-9-11-22)24-17-21(33-3)13-15-26(24)35-5/h7-17,23H,6,18H2,1-5H3,(H,28,30)/t23-/m1/s1. The molecule has 0 aliphatic rings. The highest BCUT2D eigenvalue weighted by Crippen LogP contribution is 2.35. The molecule has 0 spiro atoms. The maximum atomic E-state index is 13.7. The number of carbonyl (C=O) groups is 1. The summed E-state index contributed by atoms with van der Waals surface area (Å²) in [6.45, 7) is 3.43. The molecule has 8 nitrogen and oxygen atoms in total. The first-order valence-corrected chi connectivity index (χ1v) is 12.9. The van der Waals surface area contributed by atoms with Gasteiger partial charge < -0.3 is 19.5 Å².